The molecule has 3 nitrogen and oxygen atoms in total. The average Bonchev–Trinajstić information content (AvgIpc) is 2.45. The van der Waals surface area contributed by atoms with E-state index < -0.39 is 0 Å². The normalized spacial score (nSPS) is 11.1. The molecule has 0 aliphatic rings. The highest BCUT2D eigenvalue weighted by Crippen LogP contribution is 2.43. The highest BCUT2D eigenvalue weighted by molar-refractivity contribution is 5.94. The predicted octanol–water partition coefficient (Wildman–Crippen LogP) is 21.8. The molecule has 0 radical (unpaired) electrons. The minimum Gasteiger partial charge on any atom is -0.256 e. The molecule has 0 saturated carbocycles. The fraction of sp³-hybridized carbons (Fsp3) is 0.0471. The molecule has 3 aromatic heterocycles. The van der Waals surface area contributed by atoms with E-state index in [1.807, 2.05) is 36.8 Å². The van der Waals surface area contributed by atoms with E-state index >= 15 is 0 Å². The molecule has 0 saturated heterocycles. The molecule has 0 N–H and O–H groups in total. The Morgan fingerprint density at radius 3 is 0.932 bits per heavy atom. The SMILES string of the molecule is c1ccc(-c2cccc(-c3cc(-c4ccccn4)ccc3CCc3cc(CCc4ccc(-c5ccccn5)cc4-c4cccc(-c5ccccc5)c4)cc(-c4ccccc4-c4ccc(-c5ccccn5)cc4-c4cccc(-c5ccccc5)c4)c3)c2)cc1. The largest absolute Gasteiger partial charge is 0.256 e. The van der Waals surface area contributed by atoms with Crippen LogP contribution < -0.4 is 0 Å². The standard InChI is InChI=1S/C85H63N3/c1-4-21-62(22-5-1)67-27-18-30-70(54-67)80-57-73(83-35-12-15-48-86-83)44-42-65(80)40-38-60-51-61(39-41-66-43-45-74(84-36-13-16-49-87-84)58-81(66)71-31-19-28-68(55-71)63-23-6-2-7-24-63)53-76(52-60)77-33-10-11-34-78(77)79-47-46-75(85-37-14-17-50-88-85)59-82(79)72-32-20-29-69(56-72)64-25-8-3-9-26-64/h1-37,42-59H,38-41H2. The van der Waals surface area contributed by atoms with Crippen LogP contribution in [0.1, 0.15) is 22.3 Å². The number of aromatic nitrogens is 3. The third kappa shape index (κ3) is 12.2. The van der Waals surface area contributed by atoms with Gasteiger partial charge >= 0.3 is 0 Å². The Kier molecular flexibility index (Phi) is 15.9. The van der Waals surface area contributed by atoms with Crippen molar-refractivity contribution >= 4 is 0 Å². The third-order valence-electron chi connectivity index (χ3n) is 16.9. The van der Waals surface area contributed by atoms with Crippen LogP contribution in [0.2, 0.25) is 0 Å². The number of benzene rings is 11. The average molecular weight is 1130 g/mol. The molecule has 0 atom stereocenters. The molecule has 0 fully saturated rings. The van der Waals surface area contributed by atoms with E-state index in [-0.39, 0.29) is 0 Å². The first-order valence-electron chi connectivity index (χ1n) is 30.4. The van der Waals surface area contributed by atoms with E-state index in [0.717, 1.165) is 76.1 Å². The lowest BCUT2D eigenvalue weighted by atomic mass is 9.85. The maximum atomic E-state index is 4.82. The summed E-state index contributed by atoms with van der Waals surface area (Å²) in [5.74, 6) is 0. The van der Waals surface area contributed by atoms with Gasteiger partial charge in [-0.3, -0.25) is 15.0 Å². The Morgan fingerprint density at radius 1 is 0.170 bits per heavy atom. The van der Waals surface area contributed by atoms with Crippen molar-refractivity contribution in [3.05, 3.63) is 356 Å². The van der Waals surface area contributed by atoms with E-state index in [1.165, 1.54) is 94.6 Å². The van der Waals surface area contributed by atoms with Gasteiger partial charge in [0.25, 0.3) is 0 Å². The molecule has 3 heterocycles. The van der Waals surface area contributed by atoms with Crippen LogP contribution in [0.3, 0.4) is 0 Å². The summed E-state index contributed by atoms with van der Waals surface area (Å²) in [6.45, 7) is 0. The van der Waals surface area contributed by atoms with Crippen molar-refractivity contribution < 1.29 is 0 Å². The number of pyridine rings is 3. The van der Waals surface area contributed by atoms with Crippen molar-refractivity contribution in [3.8, 4) is 123 Å². The van der Waals surface area contributed by atoms with Gasteiger partial charge in [-0.25, -0.2) is 0 Å². The van der Waals surface area contributed by atoms with Crippen molar-refractivity contribution in [2.24, 2.45) is 0 Å². The molecule has 0 unspecified atom stereocenters. The lowest BCUT2D eigenvalue weighted by Gasteiger charge is -2.19. The summed E-state index contributed by atoms with van der Waals surface area (Å²) in [6.07, 6.45) is 8.99. The predicted molar refractivity (Wildman–Crippen MR) is 367 cm³/mol. The second kappa shape index (κ2) is 25.6. The first kappa shape index (κ1) is 54.8. The zero-order valence-electron chi connectivity index (χ0n) is 48.9. The van der Waals surface area contributed by atoms with Gasteiger partial charge in [-0.2, -0.15) is 0 Å². The first-order chi connectivity index (χ1) is 43.6. The van der Waals surface area contributed by atoms with Gasteiger partial charge in [-0.1, -0.05) is 243 Å². The Labute approximate surface area is 516 Å². The minimum atomic E-state index is 0.837. The zero-order chi connectivity index (χ0) is 58.9. The smallest absolute Gasteiger partial charge is 0.0702 e. The van der Waals surface area contributed by atoms with E-state index in [9.17, 15) is 0 Å². The van der Waals surface area contributed by atoms with Crippen molar-refractivity contribution in [1.29, 1.82) is 0 Å². The summed E-state index contributed by atoms with van der Waals surface area (Å²) in [6, 6.07) is 115. The molecular weight excluding hydrogens is 1060 g/mol. The molecule has 0 aliphatic heterocycles. The molecule has 3 heteroatoms. The van der Waals surface area contributed by atoms with Gasteiger partial charge in [0, 0.05) is 35.3 Å². The number of aryl methyl sites for hydroxylation is 4. The summed E-state index contributed by atoms with van der Waals surface area (Å²) < 4.78 is 0. The summed E-state index contributed by atoms with van der Waals surface area (Å²) >= 11 is 0. The maximum Gasteiger partial charge on any atom is 0.0702 e. The molecule has 14 rings (SSSR count). The van der Waals surface area contributed by atoms with Crippen LogP contribution in [0.5, 0.6) is 0 Å². The van der Waals surface area contributed by atoms with Gasteiger partial charge in [-0.15, -0.1) is 0 Å². The Hall–Kier alpha value is -11.1. The molecule has 418 valence electrons. The van der Waals surface area contributed by atoms with Gasteiger partial charge in [0.05, 0.1) is 17.1 Å². The van der Waals surface area contributed by atoms with Crippen molar-refractivity contribution in [2.75, 3.05) is 0 Å². The monoisotopic (exact) mass is 1130 g/mol. The number of rotatable bonds is 17. The number of hydrogen-bond acceptors (Lipinski definition) is 3. The van der Waals surface area contributed by atoms with Crippen LogP contribution in [0, 0.1) is 0 Å². The highest BCUT2D eigenvalue weighted by atomic mass is 14.7. The highest BCUT2D eigenvalue weighted by Gasteiger charge is 2.19. The van der Waals surface area contributed by atoms with Crippen LogP contribution >= 0.6 is 0 Å². The fourth-order valence-electron chi connectivity index (χ4n) is 12.4. The summed E-state index contributed by atoms with van der Waals surface area (Å²) in [4.78, 5) is 14.4. The zero-order valence-corrected chi connectivity index (χ0v) is 48.9. The van der Waals surface area contributed by atoms with Crippen LogP contribution in [0.4, 0.5) is 0 Å². The molecule has 0 aliphatic carbocycles. The quantitative estimate of drug-likeness (QED) is 0.0912. The molecule has 11 aromatic carbocycles. The Morgan fingerprint density at radius 2 is 0.511 bits per heavy atom. The van der Waals surface area contributed by atoms with Gasteiger partial charge in [0.15, 0.2) is 0 Å². The lowest BCUT2D eigenvalue weighted by Crippen LogP contribution is -2.00. The van der Waals surface area contributed by atoms with Crippen molar-refractivity contribution in [3.63, 3.8) is 0 Å². The second-order valence-electron chi connectivity index (χ2n) is 22.6. The maximum absolute atomic E-state index is 4.82. The lowest BCUT2D eigenvalue weighted by molar-refractivity contribution is 0.933. The topological polar surface area (TPSA) is 38.7 Å². The third-order valence-corrected chi connectivity index (χ3v) is 16.9. The number of nitrogens with zero attached hydrogens (tertiary/aromatic N) is 3. The summed E-state index contributed by atoms with van der Waals surface area (Å²) in [5.41, 5.74) is 30.3. The molecule has 88 heavy (non-hydrogen) atoms. The van der Waals surface area contributed by atoms with E-state index in [0.29, 0.717) is 0 Å². The van der Waals surface area contributed by atoms with Crippen LogP contribution in [0.25, 0.3) is 123 Å². The molecule has 0 spiro atoms. The Balaban J connectivity index is 0.889. The van der Waals surface area contributed by atoms with Gasteiger partial charge in [0.1, 0.15) is 0 Å². The first-order valence-corrected chi connectivity index (χ1v) is 30.4. The van der Waals surface area contributed by atoms with Crippen LogP contribution in [0.15, 0.2) is 334 Å². The van der Waals surface area contributed by atoms with Gasteiger partial charge in [0.2, 0.25) is 0 Å². The molecule has 0 amide bonds. The van der Waals surface area contributed by atoms with Gasteiger partial charge in [-0.05, 0) is 210 Å². The van der Waals surface area contributed by atoms with Crippen LogP contribution in [-0.2, 0) is 25.7 Å². The molecular formula is C85H63N3. The van der Waals surface area contributed by atoms with Crippen LogP contribution in [-0.4, -0.2) is 15.0 Å². The minimum absolute atomic E-state index is 0.837. The van der Waals surface area contributed by atoms with Crippen molar-refractivity contribution in [1.82, 2.24) is 15.0 Å². The van der Waals surface area contributed by atoms with Gasteiger partial charge < -0.3 is 0 Å². The second-order valence-corrected chi connectivity index (χ2v) is 22.6. The summed E-state index contributed by atoms with van der Waals surface area (Å²) in [5, 5.41) is 0. The molecule has 14 aromatic rings. The summed E-state index contributed by atoms with van der Waals surface area (Å²) in [7, 11) is 0. The Bertz CT molecular complexity index is 4500. The van der Waals surface area contributed by atoms with Crippen molar-refractivity contribution in [2.45, 2.75) is 25.7 Å². The van der Waals surface area contributed by atoms with E-state index in [1.54, 1.807) is 0 Å². The number of hydrogen-bond donors (Lipinski definition) is 0. The van der Waals surface area contributed by atoms with E-state index in [4.69, 9.17) is 15.0 Å². The molecule has 0 bridgehead atoms. The fourth-order valence-corrected chi connectivity index (χ4v) is 12.4. The van der Waals surface area contributed by atoms with E-state index in [2.05, 4.69) is 297 Å².